The molecular weight excluding hydrogens is 276 g/mol. The van der Waals surface area contributed by atoms with Gasteiger partial charge in [-0.1, -0.05) is 12.2 Å². The van der Waals surface area contributed by atoms with Crippen LogP contribution in [0, 0.1) is 5.41 Å². The zero-order valence-corrected chi connectivity index (χ0v) is 12.8. The monoisotopic (exact) mass is 298 g/mol. The van der Waals surface area contributed by atoms with Gasteiger partial charge in [-0.2, -0.15) is 0 Å². The molecular formula is C18H22N2O2. The Morgan fingerprint density at radius 3 is 2.41 bits per heavy atom. The Morgan fingerprint density at radius 2 is 1.77 bits per heavy atom. The van der Waals surface area contributed by atoms with Crippen LogP contribution in [0.2, 0.25) is 0 Å². The van der Waals surface area contributed by atoms with Gasteiger partial charge in [0.05, 0.1) is 0 Å². The lowest BCUT2D eigenvalue weighted by atomic mass is 9.71. The first-order valence-corrected chi connectivity index (χ1v) is 7.94. The van der Waals surface area contributed by atoms with Gasteiger partial charge in [-0.15, -0.1) is 0 Å². The Labute approximate surface area is 131 Å². The van der Waals surface area contributed by atoms with Gasteiger partial charge in [0, 0.05) is 24.2 Å². The maximum Gasteiger partial charge on any atom is 0.253 e. The van der Waals surface area contributed by atoms with E-state index >= 15 is 0 Å². The van der Waals surface area contributed by atoms with E-state index in [-0.39, 0.29) is 11.3 Å². The fourth-order valence-electron chi connectivity index (χ4n) is 3.65. The average Bonchev–Trinajstić information content (AvgIpc) is 2.55. The third-order valence-electron chi connectivity index (χ3n) is 4.92. The average molecular weight is 298 g/mol. The molecule has 1 aromatic rings. The van der Waals surface area contributed by atoms with Crippen LogP contribution in [0.15, 0.2) is 36.4 Å². The number of amides is 2. The summed E-state index contributed by atoms with van der Waals surface area (Å²) in [4.78, 5) is 25.8. The highest BCUT2D eigenvalue weighted by Gasteiger charge is 2.36. The van der Waals surface area contributed by atoms with Crippen molar-refractivity contribution in [2.75, 3.05) is 13.1 Å². The first-order chi connectivity index (χ1) is 10.6. The summed E-state index contributed by atoms with van der Waals surface area (Å²) in [5.41, 5.74) is 6.58. The number of nitrogens with two attached hydrogens (primary N) is 1. The van der Waals surface area contributed by atoms with Gasteiger partial charge < -0.3 is 10.6 Å². The van der Waals surface area contributed by atoms with Gasteiger partial charge in [-0.25, -0.2) is 0 Å². The molecule has 4 heteroatoms. The van der Waals surface area contributed by atoms with Gasteiger partial charge in [-0.3, -0.25) is 9.59 Å². The van der Waals surface area contributed by atoms with Crippen molar-refractivity contribution in [3.63, 3.8) is 0 Å². The standard InChI is InChI=1S/C18H22N2O2/c19-16(21)14-5-7-15(8-6-14)17(22)20-12-4-11-18(13-20)9-2-1-3-10-18/h1-2,5-8H,3-4,9-13H2,(H2,19,21). The predicted octanol–water partition coefficient (Wildman–Crippen LogP) is 2.75. The number of allylic oxidation sites excluding steroid dienone is 2. The SMILES string of the molecule is NC(=O)c1ccc(C(=O)N2CCCC3(CC=CCC3)C2)cc1. The fraction of sp³-hybridized carbons (Fsp3) is 0.444. The van der Waals surface area contributed by atoms with E-state index in [1.165, 1.54) is 12.8 Å². The Hall–Kier alpha value is -2.10. The quantitative estimate of drug-likeness (QED) is 0.853. The lowest BCUT2D eigenvalue weighted by molar-refractivity contribution is 0.0484. The number of hydrogen-bond acceptors (Lipinski definition) is 2. The van der Waals surface area contributed by atoms with Crippen molar-refractivity contribution in [2.24, 2.45) is 11.1 Å². The van der Waals surface area contributed by atoms with Crippen LogP contribution in [0.4, 0.5) is 0 Å². The third kappa shape index (κ3) is 2.91. The number of piperidine rings is 1. The summed E-state index contributed by atoms with van der Waals surface area (Å²) in [5.74, 6) is -0.408. The van der Waals surface area contributed by atoms with Crippen LogP contribution in [0.3, 0.4) is 0 Å². The molecule has 2 N–H and O–H groups in total. The molecule has 1 atom stereocenters. The number of likely N-dealkylation sites (tertiary alicyclic amines) is 1. The van der Waals surface area contributed by atoms with Crippen LogP contribution in [0.1, 0.15) is 52.8 Å². The molecule has 0 radical (unpaired) electrons. The second kappa shape index (κ2) is 5.95. The number of benzene rings is 1. The Bertz CT molecular complexity index is 606. The molecule has 1 aromatic carbocycles. The molecule has 1 aliphatic heterocycles. The lowest BCUT2D eigenvalue weighted by Crippen LogP contribution is -2.46. The van der Waals surface area contributed by atoms with E-state index in [1.54, 1.807) is 24.3 Å². The number of hydrogen-bond donors (Lipinski definition) is 1. The van der Waals surface area contributed by atoms with Crippen molar-refractivity contribution >= 4 is 11.8 Å². The molecule has 0 aromatic heterocycles. The normalized spacial score (nSPS) is 24.5. The second-order valence-corrected chi connectivity index (χ2v) is 6.49. The zero-order chi connectivity index (χ0) is 15.6. The molecule has 1 heterocycles. The molecule has 22 heavy (non-hydrogen) atoms. The van der Waals surface area contributed by atoms with Gasteiger partial charge in [0.2, 0.25) is 5.91 Å². The van der Waals surface area contributed by atoms with Gasteiger partial charge in [0.15, 0.2) is 0 Å². The van der Waals surface area contributed by atoms with E-state index in [1.807, 2.05) is 4.90 Å². The van der Waals surface area contributed by atoms with Crippen molar-refractivity contribution in [1.82, 2.24) is 4.90 Å². The van der Waals surface area contributed by atoms with Crippen LogP contribution >= 0.6 is 0 Å². The van der Waals surface area contributed by atoms with E-state index in [4.69, 9.17) is 5.73 Å². The molecule has 116 valence electrons. The molecule has 0 bridgehead atoms. The van der Waals surface area contributed by atoms with E-state index in [0.717, 1.165) is 32.4 Å². The van der Waals surface area contributed by atoms with Gasteiger partial charge >= 0.3 is 0 Å². The third-order valence-corrected chi connectivity index (χ3v) is 4.92. The summed E-state index contributed by atoms with van der Waals surface area (Å²) >= 11 is 0. The maximum absolute atomic E-state index is 12.7. The first kappa shape index (κ1) is 14.8. The topological polar surface area (TPSA) is 63.4 Å². The minimum absolute atomic E-state index is 0.0599. The lowest BCUT2D eigenvalue weighted by Gasteiger charge is -2.44. The van der Waals surface area contributed by atoms with Gasteiger partial charge in [0.1, 0.15) is 0 Å². The second-order valence-electron chi connectivity index (χ2n) is 6.49. The largest absolute Gasteiger partial charge is 0.366 e. The number of carbonyl (C=O) groups is 2. The highest BCUT2D eigenvalue weighted by atomic mass is 16.2. The van der Waals surface area contributed by atoms with Crippen molar-refractivity contribution in [3.8, 4) is 0 Å². The van der Waals surface area contributed by atoms with Crippen molar-refractivity contribution < 1.29 is 9.59 Å². The number of nitrogens with zero attached hydrogens (tertiary/aromatic N) is 1. The molecule has 1 spiro atoms. The van der Waals surface area contributed by atoms with Crippen LogP contribution < -0.4 is 5.73 Å². The molecule has 1 unspecified atom stereocenters. The molecule has 1 saturated heterocycles. The van der Waals surface area contributed by atoms with E-state index in [9.17, 15) is 9.59 Å². The van der Waals surface area contributed by atoms with Gasteiger partial charge in [0.25, 0.3) is 5.91 Å². The highest BCUT2D eigenvalue weighted by molar-refractivity contribution is 5.97. The number of carbonyl (C=O) groups excluding carboxylic acids is 2. The maximum atomic E-state index is 12.7. The smallest absolute Gasteiger partial charge is 0.253 e. The van der Waals surface area contributed by atoms with Gasteiger partial charge in [-0.05, 0) is 61.8 Å². The molecule has 0 saturated carbocycles. The van der Waals surface area contributed by atoms with Crippen LogP contribution in [-0.2, 0) is 0 Å². The summed E-state index contributed by atoms with van der Waals surface area (Å²) < 4.78 is 0. The van der Waals surface area contributed by atoms with Crippen molar-refractivity contribution in [1.29, 1.82) is 0 Å². The minimum Gasteiger partial charge on any atom is -0.366 e. The van der Waals surface area contributed by atoms with Crippen molar-refractivity contribution in [3.05, 3.63) is 47.5 Å². The minimum atomic E-state index is -0.468. The molecule has 2 aliphatic rings. The predicted molar refractivity (Wildman–Crippen MR) is 85.5 cm³/mol. The summed E-state index contributed by atoms with van der Waals surface area (Å²) in [6, 6.07) is 6.65. The van der Waals surface area contributed by atoms with E-state index in [2.05, 4.69) is 12.2 Å². The number of rotatable bonds is 2. The molecule has 1 aliphatic carbocycles. The molecule has 1 fully saturated rings. The fourth-order valence-corrected chi connectivity index (χ4v) is 3.65. The molecule has 2 amide bonds. The van der Waals surface area contributed by atoms with Crippen LogP contribution in [0.25, 0.3) is 0 Å². The summed E-state index contributed by atoms with van der Waals surface area (Å²) in [6.07, 6.45) is 10.2. The van der Waals surface area contributed by atoms with E-state index < -0.39 is 5.91 Å². The van der Waals surface area contributed by atoms with Crippen LogP contribution in [0.5, 0.6) is 0 Å². The summed E-state index contributed by atoms with van der Waals surface area (Å²) in [7, 11) is 0. The summed E-state index contributed by atoms with van der Waals surface area (Å²) in [6.45, 7) is 1.66. The highest BCUT2D eigenvalue weighted by Crippen LogP contribution is 2.41. The Kier molecular flexibility index (Phi) is 4.01. The zero-order valence-electron chi connectivity index (χ0n) is 12.8. The van der Waals surface area contributed by atoms with Crippen LogP contribution in [-0.4, -0.2) is 29.8 Å². The first-order valence-electron chi connectivity index (χ1n) is 7.94. The molecule has 4 nitrogen and oxygen atoms in total. The molecule has 3 rings (SSSR count). The van der Waals surface area contributed by atoms with Crippen molar-refractivity contribution in [2.45, 2.75) is 32.1 Å². The summed E-state index contributed by atoms with van der Waals surface area (Å²) in [5, 5.41) is 0. The van der Waals surface area contributed by atoms with E-state index in [0.29, 0.717) is 11.1 Å². The number of primary amides is 1. The Morgan fingerprint density at radius 1 is 1.05 bits per heavy atom. The Balaban J connectivity index is 1.74.